The van der Waals surface area contributed by atoms with Crippen molar-refractivity contribution in [2.24, 2.45) is 5.10 Å². The second-order valence-corrected chi connectivity index (χ2v) is 7.35. The summed E-state index contributed by atoms with van der Waals surface area (Å²) in [5, 5.41) is 11.1. The van der Waals surface area contributed by atoms with E-state index < -0.39 is 0 Å². The highest BCUT2D eigenvalue weighted by atomic mass is 16.5. The van der Waals surface area contributed by atoms with Crippen LogP contribution in [-0.4, -0.2) is 41.5 Å². The maximum atomic E-state index is 12.7. The Balaban J connectivity index is 1.55. The van der Waals surface area contributed by atoms with E-state index in [0.717, 1.165) is 46.6 Å². The lowest BCUT2D eigenvalue weighted by Crippen LogP contribution is -2.26. The zero-order chi connectivity index (χ0) is 21.6. The summed E-state index contributed by atoms with van der Waals surface area (Å²) < 4.78 is 5.86. The molecular weight excluding hydrogens is 392 g/mol. The van der Waals surface area contributed by atoms with Crippen molar-refractivity contribution in [1.82, 2.24) is 26.0 Å². The van der Waals surface area contributed by atoms with Crippen LogP contribution in [0.15, 0.2) is 47.8 Å². The Morgan fingerprint density at radius 1 is 1.23 bits per heavy atom. The number of carbonyl (C=O) groups is 1. The average molecular weight is 419 g/mol. The summed E-state index contributed by atoms with van der Waals surface area (Å²) in [6.45, 7) is 5.73. The Bertz CT molecular complexity index is 1130. The fraction of sp³-hybridized carbons (Fsp3) is 0.304. The minimum atomic E-state index is -0.122. The first-order valence-electron chi connectivity index (χ1n) is 10.4. The molecule has 0 bridgehead atoms. The van der Waals surface area contributed by atoms with Gasteiger partial charge < -0.3 is 15.4 Å². The van der Waals surface area contributed by atoms with E-state index in [0.29, 0.717) is 30.9 Å². The summed E-state index contributed by atoms with van der Waals surface area (Å²) in [6, 6.07) is 9.47. The number of nitrogens with zero attached hydrogens (tertiary/aromatic N) is 3. The highest BCUT2D eigenvalue weighted by Crippen LogP contribution is 2.30. The molecule has 31 heavy (non-hydrogen) atoms. The zero-order valence-corrected chi connectivity index (χ0v) is 17.7. The monoisotopic (exact) mass is 418 g/mol. The molecule has 4 rings (SSSR count). The largest absolute Gasteiger partial charge is 0.493 e. The Morgan fingerprint density at radius 2 is 2.13 bits per heavy atom. The van der Waals surface area contributed by atoms with E-state index in [4.69, 9.17) is 9.72 Å². The minimum Gasteiger partial charge on any atom is -0.493 e. The number of carbonyl (C=O) groups excluding carboxylic acids is 1. The lowest BCUT2D eigenvalue weighted by Gasteiger charge is -2.12. The van der Waals surface area contributed by atoms with Gasteiger partial charge in [-0.2, -0.15) is 5.10 Å². The Labute approximate surface area is 181 Å². The van der Waals surface area contributed by atoms with Crippen molar-refractivity contribution in [3.8, 4) is 17.0 Å². The van der Waals surface area contributed by atoms with E-state index in [1.165, 1.54) is 0 Å². The van der Waals surface area contributed by atoms with Crippen LogP contribution in [0.4, 0.5) is 0 Å². The van der Waals surface area contributed by atoms with Gasteiger partial charge >= 0.3 is 0 Å². The molecule has 3 N–H and O–H groups in total. The minimum absolute atomic E-state index is 0.122. The Morgan fingerprint density at radius 3 is 2.90 bits per heavy atom. The van der Waals surface area contributed by atoms with Crippen molar-refractivity contribution >= 4 is 22.6 Å². The molecule has 1 aromatic carbocycles. The van der Waals surface area contributed by atoms with Crippen LogP contribution in [0.25, 0.3) is 22.2 Å². The lowest BCUT2D eigenvalue weighted by atomic mass is 10.1. The van der Waals surface area contributed by atoms with Crippen molar-refractivity contribution in [2.75, 3.05) is 19.8 Å². The van der Waals surface area contributed by atoms with Gasteiger partial charge in [0.15, 0.2) is 0 Å². The zero-order valence-electron chi connectivity index (χ0n) is 17.7. The number of nitrogens with one attached hydrogen (secondary N) is 3. The van der Waals surface area contributed by atoms with Gasteiger partial charge in [-0.3, -0.25) is 15.2 Å². The molecule has 8 heteroatoms. The number of pyridine rings is 2. The summed E-state index contributed by atoms with van der Waals surface area (Å²) in [5.41, 5.74) is 6.88. The van der Waals surface area contributed by atoms with Gasteiger partial charge in [-0.25, -0.2) is 4.98 Å². The fourth-order valence-corrected chi connectivity index (χ4v) is 3.48. The van der Waals surface area contributed by atoms with Crippen LogP contribution in [0.2, 0.25) is 0 Å². The van der Waals surface area contributed by atoms with Gasteiger partial charge in [0.25, 0.3) is 5.91 Å². The second kappa shape index (κ2) is 9.42. The molecule has 0 spiro atoms. The van der Waals surface area contributed by atoms with E-state index in [1.54, 1.807) is 6.20 Å². The summed E-state index contributed by atoms with van der Waals surface area (Å²) in [4.78, 5) is 21.7. The molecule has 0 unspecified atom stereocenters. The third-order valence-electron chi connectivity index (χ3n) is 4.97. The number of hydrazone groups is 1. The third-order valence-corrected chi connectivity index (χ3v) is 4.97. The highest BCUT2D eigenvalue weighted by Gasteiger charge is 2.13. The molecular formula is C23H26N6O2. The van der Waals surface area contributed by atoms with Crippen LogP contribution in [0.3, 0.4) is 0 Å². The molecule has 3 heterocycles. The van der Waals surface area contributed by atoms with E-state index in [-0.39, 0.29) is 5.91 Å². The van der Waals surface area contributed by atoms with E-state index in [1.807, 2.05) is 50.4 Å². The number of hydrogen-bond acceptors (Lipinski definition) is 7. The first-order chi connectivity index (χ1) is 15.1. The van der Waals surface area contributed by atoms with Gasteiger partial charge in [0.2, 0.25) is 0 Å². The highest BCUT2D eigenvalue weighted by molar-refractivity contribution is 5.99. The lowest BCUT2D eigenvalue weighted by molar-refractivity contribution is 0.0953. The molecule has 1 amide bonds. The number of fused-ring (bicyclic) bond motifs is 1. The molecule has 1 aliphatic heterocycles. The Hall–Kier alpha value is -3.68. The molecule has 0 aliphatic carbocycles. The SMILES string of the molecule is CCOc1cc(-c2cncc(C)c2)nc2cc(C(=O)NCCCC3=NNCN3)ccc12. The van der Waals surface area contributed by atoms with E-state index >= 15 is 0 Å². The quantitative estimate of drug-likeness (QED) is 0.486. The number of aromatic nitrogens is 2. The van der Waals surface area contributed by atoms with Crippen LogP contribution in [-0.2, 0) is 0 Å². The number of amidine groups is 1. The first-order valence-corrected chi connectivity index (χ1v) is 10.4. The first kappa shape index (κ1) is 20.6. The van der Waals surface area contributed by atoms with E-state index in [2.05, 4.69) is 26.1 Å². The van der Waals surface area contributed by atoms with Gasteiger partial charge in [0.1, 0.15) is 18.3 Å². The van der Waals surface area contributed by atoms with Gasteiger partial charge in [0.05, 0.1) is 17.8 Å². The summed E-state index contributed by atoms with van der Waals surface area (Å²) >= 11 is 0. The molecule has 3 aromatic rings. The van der Waals surface area contributed by atoms with Crippen LogP contribution in [0.5, 0.6) is 5.75 Å². The molecule has 0 saturated heterocycles. The molecule has 0 fully saturated rings. The predicted molar refractivity (Wildman–Crippen MR) is 121 cm³/mol. The topological polar surface area (TPSA) is 101 Å². The number of rotatable bonds is 8. The smallest absolute Gasteiger partial charge is 0.251 e. The van der Waals surface area contributed by atoms with Crippen LogP contribution >= 0.6 is 0 Å². The summed E-state index contributed by atoms with van der Waals surface area (Å²) in [6.07, 6.45) is 5.19. The van der Waals surface area contributed by atoms with Crippen LogP contribution < -0.4 is 20.8 Å². The molecule has 1 aliphatic rings. The van der Waals surface area contributed by atoms with Crippen molar-refractivity contribution < 1.29 is 9.53 Å². The molecule has 0 atom stereocenters. The maximum Gasteiger partial charge on any atom is 0.251 e. The van der Waals surface area contributed by atoms with Crippen molar-refractivity contribution in [2.45, 2.75) is 26.7 Å². The summed E-state index contributed by atoms with van der Waals surface area (Å²) in [5.74, 6) is 1.55. The van der Waals surface area contributed by atoms with Gasteiger partial charge in [-0.15, -0.1) is 0 Å². The average Bonchev–Trinajstić information content (AvgIpc) is 3.30. The maximum absolute atomic E-state index is 12.7. The second-order valence-electron chi connectivity index (χ2n) is 7.35. The normalized spacial score (nSPS) is 12.8. The number of benzene rings is 1. The number of hydrogen-bond donors (Lipinski definition) is 3. The van der Waals surface area contributed by atoms with Gasteiger partial charge in [-0.05, 0) is 50.1 Å². The van der Waals surface area contributed by atoms with Gasteiger partial charge in [-0.1, -0.05) is 0 Å². The predicted octanol–water partition coefficient (Wildman–Crippen LogP) is 2.98. The van der Waals surface area contributed by atoms with Gasteiger partial charge in [0, 0.05) is 47.9 Å². The number of amides is 1. The van der Waals surface area contributed by atoms with Crippen molar-refractivity contribution in [1.29, 1.82) is 0 Å². The van der Waals surface area contributed by atoms with Crippen LogP contribution in [0.1, 0.15) is 35.7 Å². The molecule has 0 radical (unpaired) electrons. The van der Waals surface area contributed by atoms with Crippen molar-refractivity contribution in [3.63, 3.8) is 0 Å². The van der Waals surface area contributed by atoms with Crippen molar-refractivity contribution in [3.05, 3.63) is 53.9 Å². The number of aryl methyl sites for hydroxylation is 1. The number of ether oxygens (including phenoxy) is 1. The van der Waals surface area contributed by atoms with E-state index in [9.17, 15) is 4.79 Å². The Kier molecular flexibility index (Phi) is 6.26. The summed E-state index contributed by atoms with van der Waals surface area (Å²) in [7, 11) is 0. The third kappa shape index (κ3) is 4.91. The standard InChI is InChI=1S/C23H26N6O2/c1-3-31-21-11-19(17-9-15(2)12-24-13-17)28-20-10-16(6-7-18(20)21)23(30)25-8-4-5-22-26-14-27-29-22/h6-7,9-13,27H,3-5,8,14H2,1-2H3,(H,25,30)(H,26,29). The fourth-order valence-electron chi connectivity index (χ4n) is 3.48. The van der Waals surface area contributed by atoms with Crippen LogP contribution in [0, 0.1) is 6.92 Å². The molecule has 2 aromatic heterocycles. The molecule has 0 saturated carbocycles. The molecule has 8 nitrogen and oxygen atoms in total. The molecule has 160 valence electrons.